The number of carbonyl (C=O) groups excluding carboxylic acids is 1. The number of rotatable bonds is 4. The van der Waals surface area contributed by atoms with Crippen molar-refractivity contribution in [2.45, 2.75) is 19.0 Å². The number of fused-ring (bicyclic) bond motifs is 1. The van der Waals surface area contributed by atoms with E-state index in [4.69, 9.17) is 4.74 Å². The molecule has 25 heavy (non-hydrogen) atoms. The lowest BCUT2D eigenvalue weighted by molar-refractivity contribution is 0.113. The summed E-state index contributed by atoms with van der Waals surface area (Å²) < 4.78 is 18.9. The first-order valence-corrected chi connectivity index (χ1v) is 8.08. The molecule has 6 nitrogen and oxygen atoms in total. The molecule has 1 aromatic carbocycles. The molecule has 0 saturated carbocycles. The van der Waals surface area contributed by atoms with Gasteiger partial charge in [0.25, 0.3) is 0 Å². The minimum absolute atomic E-state index is 0.108. The highest BCUT2D eigenvalue weighted by molar-refractivity contribution is 5.75. The van der Waals surface area contributed by atoms with Gasteiger partial charge in [0.15, 0.2) is 0 Å². The van der Waals surface area contributed by atoms with E-state index in [9.17, 15) is 14.3 Å². The summed E-state index contributed by atoms with van der Waals surface area (Å²) in [5, 5.41) is 15.2. The average Bonchev–Trinajstić information content (AvgIpc) is 2.62. The molecular weight excluding hydrogens is 325 g/mol. The molecule has 0 spiro atoms. The second-order valence-electron chi connectivity index (χ2n) is 6.05. The van der Waals surface area contributed by atoms with Crippen molar-refractivity contribution < 1.29 is 19.0 Å². The third kappa shape index (κ3) is 3.88. The van der Waals surface area contributed by atoms with Crippen LogP contribution < -0.4 is 15.4 Å². The summed E-state index contributed by atoms with van der Waals surface area (Å²) in [6, 6.07) is 7.55. The molecule has 0 fully saturated rings. The summed E-state index contributed by atoms with van der Waals surface area (Å²) in [5.41, 5.74) is 1.39. The molecule has 0 unspecified atom stereocenters. The molecular formula is C18H20FN3O3. The number of para-hydroxylation sites is 1. The fourth-order valence-corrected chi connectivity index (χ4v) is 2.90. The van der Waals surface area contributed by atoms with Crippen LogP contribution in [-0.4, -0.2) is 29.3 Å². The van der Waals surface area contributed by atoms with Gasteiger partial charge in [-0.25, -0.2) is 9.18 Å². The maximum absolute atomic E-state index is 13.3. The number of benzene rings is 1. The standard InChI is InChI=1S/C18H20FN3O3/c1-11(12-6-14(19)8-20-7-12)21-18(24)22-17-13(9-23)10-25-16-5-3-2-4-15(16)17/h2-8,11,13,17,23H,9-10H2,1H3,(H2,21,22,24)/t11-,13+,17+/m0/s1. The van der Waals surface area contributed by atoms with E-state index in [2.05, 4.69) is 15.6 Å². The second kappa shape index (κ2) is 7.48. The first-order valence-electron chi connectivity index (χ1n) is 8.08. The Morgan fingerprint density at radius 1 is 1.44 bits per heavy atom. The van der Waals surface area contributed by atoms with E-state index in [1.165, 1.54) is 12.3 Å². The number of aliphatic hydroxyl groups excluding tert-OH is 1. The lowest BCUT2D eigenvalue weighted by Crippen LogP contribution is -2.45. The molecule has 2 heterocycles. The highest BCUT2D eigenvalue weighted by atomic mass is 19.1. The Hall–Kier alpha value is -2.67. The Kier molecular flexibility index (Phi) is 5.14. The molecule has 1 aliphatic heterocycles. The summed E-state index contributed by atoms with van der Waals surface area (Å²) in [7, 11) is 0. The van der Waals surface area contributed by atoms with Crippen LogP contribution in [0, 0.1) is 11.7 Å². The number of carbonyl (C=O) groups is 1. The summed E-state index contributed by atoms with van der Waals surface area (Å²) in [4.78, 5) is 16.2. The van der Waals surface area contributed by atoms with Crippen LogP contribution in [0.4, 0.5) is 9.18 Å². The number of nitrogens with zero attached hydrogens (tertiary/aromatic N) is 1. The van der Waals surface area contributed by atoms with Gasteiger partial charge in [-0.3, -0.25) is 4.98 Å². The second-order valence-corrected chi connectivity index (χ2v) is 6.05. The first-order chi connectivity index (χ1) is 12.1. The van der Waals surface area contributed by atoms with Gasteiger partial charge in [-0.1, -0.05) is 18.2 Å². The van der Waals surface area contributed by atoms with Crippen LogP contribution in [0.5, 0.6) is 5.75 Å². The zero-order valence-electron chi connectivity index (χ0n) is 13.8. The van der Waals surface area contributed by atoms with E-state index in [0.717, 1.165) is 11.8 Å². The molecule has 3 rings (SSSR count). The maximum Gasteiger partial charge on any atom is 0.315 e. The van der Waals surface area contributed by atoms with E-state index in [-0.39, 0.29) is 18.6 Å². The van der Waals surface area contributed by atoms with Gasteiger partial charge in [0.1, 0.15) is 11.6 Å². The number of hydrogen-bond donors (Lipinski definition) is 3. The molecule has 0 aliphatic carbocycles. The number of aliphatic hydroxyl groups is 1. The van der Waals surface area contributed by atoms with Crippen molar-refractivity contribution in [3.05, 3.63) is 59.7 Å². The predicted molar refractivity (Wildman–Crippen MR) is 89.5 cm³/mol. The third-order valence-electron chi connectivity index (χ3n) is 4.27. The third-order valence-corrected chi connectivity index (χ3v) is 4.27. The van der Waals surface area contributed by atoms with E-state index in [0.29, 0.717) is 17.9 Å². The van der Waals surface area contributed by atoms with Gasteiger partial charge in [-0.05, 0) is 24.6 Å². The first kappa shape index (κ1) is 17.2. The van der Waals surface area contributed by atoms with Crippen molar-refractivity contribution in [2.75, 3.05) is 13.2 Å². The molecule has 3 N–H and O–H groups in total. The zero-order chi connectivity index (χ0) is 17.8. The van der Waals surface area contributed by atoms with Crippen molar-refractivity contribution in [3.63, 3.8) is 0 Å². The Labute approximate surface area is 145 Å². The summed E-state index contributed by atoms with van der Waals surface area (Å²) in [5.74, 6) is -0.00284. The van der Waals surface area contributed by atoms with Gasteiger partial charge in [-0.15, -0.1) is 0 Å². The van der Waals surface area contributed by atoms with Crippen LogP contribution in [0.15, 0.2) is 42.7 Å². The van der Waals surface area contributed by atoms with Crippen LogP contribution in [-0.2, 0) is 0 Å². The predicted octanol–water partition coefficient (Wildman–Crippen LogP) is 2.32. The van der Waals surface area contributed by atoms with Gasteiger partial charge in [-0.2, -0.15) is 0 Å². The van der Waals surface area contributed by atoms with E-state index >= 15 is 0 Å². The number of hydrogen-bond acceptors (Lipinski definition) is 4. The van der Waals surface area contributed by atoms with Crippen LogP contribution >= 0.6 is 0 Å². The Bertz CT molecular complexity index is 756. The number of aromatic nitrogens is 1. The molecule has 0 bridgehead atoms. The van der Waals surface area contributed by atoms with Crippen molar-refractivity contribution in [1.29, 1.82) is 0 Å². The lowest BCUT2D eigenvalue weighted by atomic mass is 9.91. The zero-order valence-corrected chi connectivity index (χ0v) is 13.8. The normalized spacial score (nSPS) is 20.1. The van der Waals surface area contributed by atoms with Gasteiger partial charge in [0.2, 0.25) is 0 Å². The van der Waals surface area contributed by atoms with Gasteiger partial charge >= 0.3 is 6.03 Å². The molecule has 1 aliphatic rings. The number of amides is 2. The lowest BCUT2D eigenvalue weighted by Gasteiger charge is -2.33. The molecule has 7 heteroatoms. The van der Waals surface area contributed by atoms with E-state index in [1.54, 1.807) is 6.92 Å². The molecule has 0 radical (unpaired) electrons. The largest absolute Gasteiger partial charge is 0.493 e. The Morgan fingerprint density at radius 2 is 2.24 bits per heavy atom. The number of halogens is 1. The number of nitrogens with one attached hydrogen (secondary N) is 2. The monoisotopic (exact) mass is 345 g/mol. The van der Waals surface area contributed by atoms with Crippen molar-refractivity contribution in [3.8, 4) is 5.75 Å². The summed E-state index contributed by atoms with van der Waals surface area (Å²) in [6.07, 6.45) is 2.62. The molecule has 1 aromatic heterocycles. The Morgan fingerprint density at radius 3 is 3.00 bits per heavy atom. The average molecular weight is 345 g/mol. The fraction of sp³-hybridized carbons (Fsp3) is 0.333. The summed E-state index contributed by atoms with van der Waals surface area (Å²) >= 11 is 0. The molecule has 2 aromatic rings. The minimum Gasteiger partial charge on any atom is -0.493 e. The summed E-state index contributed by atoms with van der Waals surface area (Å²) in [6.45, 7) is 1.96. The number of urea groups is 1. The molecule has 3 atom stereocenters. The molecule has 2 amide bonds. The molecule has 132 valence electrons. The Balaban J connectivity index is 1.71. The maximum atomic E-state index is 13.3. The SMILES string of the molecule is C[C@H](NC(=O)N[C@H]1c2ccccc2OC[C@H]1CO)c1cncc(F)c1. The van der Waals surface area contributed by atoms with Gasteiger partial charge in [0.05, 0.1) is 31.5 Å². The van der Waals surface area contributed by atoms with Crippen LogP contribution in [0.25, 0.3) is 0 Å². The quantitative estimate of drug-likeness (QED) is 0.794. The van der Waals surface area contributed by atoms with Crippen LogP contribution in [0.1, 0.15) is 30.1 Å². The fourth-order valence-electron chi connectivity index (χ4n) is 2.90. The number of pyridine rings is 1. The minimum atomic E-state index is -0.453. The van der Waals surface area contributed by atoms with E-state index < -0.39 is 17.9 Å². The van der Waals surface area contributed by atoms with Gasteiger partial charge < -0.3 is 20.5 Å². The molecule has 0 saturated heterocycles. The topological polar surface area (TPSA) is 83.5 Å². The van der Waals surface area contributed by atoms with E-state index in [1.807, 2.05) is 24.3 Å². The van der Waals surface area contributed by atoms with Crippen LogP contribution in [0.3, 0.4) is 0 Å². The smallest absolute Gasteiger partial charge is 0.315 e. The van der Waals surface area contributed by atoms with Gasteiger partial charge in [0, 0.05) is 17.7 Å². The van der Waals surface area contributed by atoms with Crippen molar-refractivity contribution >= 4 is 6.03 Å². The highest BCUT2D eigenvalue weighted by Crippen LogP contribution is 2.35. The highest BCUT2D eigenvalue weighted by Gasteiger charge is 2.31. The van der Waals surface area contributed by atoms with Crippen molar-refractivity contribution in [2.24, 2.45) is 5.92 Å². The number of ether oxygens (including phenoxy) is 1. The van der Waals surface area contributed by atoms with Crippen LogP contribution in [0.2, 0.25) is 0 Å². The van der Waals surface area contributed by atoms with Crippen molar-refractivity contribution in [1.82, 2.24) is 15.6 Å².